The number of aliphatic hydroxyl groups is 1. The summed E-state index contributed by atoms with van der Waals surface area (Å²) in [4.78, 5) is 36.9. The first-order valence-electron chi connectivity index (χ1n) is 9.29. The molecular weight excluding hydrogens is 376 g/mol. The molecule has 3 N–H and O–H groups in total. The van der Waals surface area contributed by atoms with Crippen molar-refractivity contribution in [2.24, 2.45) is 0 Å². The van der Waals surface area contributed by atoms with Crippen LogP contribution in [-0.4, -0.2) is 52.2 Å². The predicted octanol–water partition coefficient (Wildman–Crippen LogP) is 1.71. The molecule has 1 fully saturated rings. The molecule has 0 saturated carbocycles. The number of carboxylic acids is 1. The number of hydrogen-bond donors (Lipinski definition) is 3. The number of fused-ring (bicyclic) bond motifs is 2. The highest BCUT2D eigenvalue weighted by Gasteiger charge is 2.51. The van der Waals surface area contributed by atoms with Crippen molar-refractivity contribution in [2.45, 2.75) is 18.4 Å². The molecule has 2 aromatic rings. The zero-order valence-electron chi connectivity index (χ0n) is 15.6. The van der Waals surface area contributed by atoms with Crippen LogP contribution in [0, 0.1) is 0 Å². The van der Waals surface area contributed by atoms with Gasteiger partial charge >= 0.3 is 5.97 Å². The van der Waals surface area contributed by atoms with Crippen molar-refractivity contribution < 1.29 is 29.3 Å². The quantitative estimate of drug-likeness (QED) is 0.678. The summed E-state index contributed by atoms with van der Waals surface area (Å²) in [6.45, 7) is 0.0278. The molecule has 8 heteroatoms. The molecule has 8 nitrogen and oxygen atoms in total. The Bertz CT molecular complexity index is 1020. The molecule has 2 aliphatic heterocycles. The maximum Gasteiger partial charge on any atom is 0.322 e. The number of Topliss-reactive ketones (excluding diaryl/α,β-unsaturated/α-hetero) is 1. The Labute approximate surface area is 166 Å². The largest absolute Gasteiger partial charge is 0.505 e. The van der Waals surface area contributed by atoms with Gasteiger partial charge in [-0.2, -0.15) is 0 Å². The van der Waals surface area contributed by atoms with E-state index >= 15 is 0 Å². The van der Waals surface area contributed by atoms with Gasteiger partial charge in [-0.1, -0.05) is 30.3 Å². The fraction of sp³-hybridized carbons (Fsp3) is 0.286. The lowest BCUT2D eigenvalue weighted by Gasteiger charge is -2.42. The number of nitrogens with one attached hydrogen (secondary N) is 1. The number of aliphatic hydroxyl groups excluding tert-OH is 1. The van der Waals surface area contributed by atoms with Gasteiger partial charge in [-0.05, 0) is 17.7 Å². The Morgan fingerprint density at radius 1 is 1.07 bits per heavy atom. The predicted molar refractivity (Wildman–Crippen MR) is 103 cm³/mol. The fourth-order valence-corrected chi connectivity index (χ4v) is 4.10. The molecule has 1 amide bonds. The lowest BCUT2D eigenvalue weighted by molar-refractivity contribution is -0.138. The second-order valence-corrected chi connectivity index (χ2v) is 7.08. The van der Waals surface area contributed by atoms with Crippen molar-refractivity contribution in [1.82, 2.24) is 9.88 Å². The van der Waals surface area contributed by atoms with Gasteiger partial charge in [0.2, 0.25) is 0 Å². The summed E-state index contributed by atoms with van der Waals surface area (Å²) < 4.78 is 7.26. The van der Waals surface area contributed by atoms with Gasteiger partial charge in [0.05, 0.1) is 5.69 Å². The number of hydrogen-bond acceptors (Lipinski definition) is 5. The van der Waals surface area contributed by atoms with Gasteiger partial charge in [0, 0.05) is 31.7 Å². The summed E-state index contributed by atoms with van der Waals surface area (Å²) >= 11 is 0. The number of nitrogens with zero attached hydrogens (tertiary/aromatic N) is 1. The zero-order valence-corrected chi connectivity index (χ0v) is 15.6. The van der Waals surface area contributed by atoms with Crippen LogP contribution in [0.3, 0.4) is 0 Å². The van der Waals surface area contributed by atoms with Crippen LogP contribution in [0.2, 0.25) is 0 Å². The Balaban J connectivity index is 1.89. The number of aliphatic carboxylic acids is 1. The molecule has 29 heavy (non-hydrogen) atoms. The van der Waals surface area contributed by atoms with Gasteiger partial charge < -0.3 is 24.8 Å². The Morgan fingerprint density at radius 3 is 2.38 bits per heavy atom. The van der Waals surface area contributed by atoms with Crippen molar-refractivity contribution in [1.29, 1.82) is 0 Å². The van der Waals surface area contributed by atoms with Gasteiger partial charge in [0.25, 0.3) is 5.91 Å². The first kappa shape index (κ1) is 18.9. The smallest absolute Gasteiger partial charge is 0.322 e. The highest BCUT2D eigenvalue weighted by Crippen LogP contribution is 2.44. The molecule has 1 saturated heterocycles. The minimum absolute atomic E-state index is 0.336. The normalized spacial score (nSPS) is 17.9. The second kappa shape index (κ2) is 7.21. The molecule has 1 aromatic carbocycles. The number of benzene rings is 1. The number of ketones is 1. The summed E-state index contributed by atoms with van der Waals surface area (Å²) in [6.07, 6.45) is 0.687. The molecule has 0 bridgehead atoms. The van der Waals surface area contributed by atoms with Crippen molar-refractivity contribution >= 4 is 23.4 Å². The number of ether oxygens (including phenoxy) is 1. The van der Waals surface area contributed by atoms with E-state index in [4.69, 9.17) is 9.84 Å². The van der Waals surface area contributed by atoms with Gasteiger partial charge in [-0.3, -0.25) is 14.4 Å². The highest BCUT2D eigenvalue weighted by molar-refractivity contribution is 6.27. The summed E-state index contributed by atoms with van der Waals surface area (Å²) in [6, 6.07) is 13.0. The highest BCUT2D eigenvalue weighted by atomic mass is 16.5. The van der Waals surface area contributed by atoms with E-state index in [0.717, 1.165) is 11.3 Å². The third kappa shape index (κ3) is 3.01. The van der Waals surface area contributed by atoms with Gasteiger partial charge in [0.15, 0.2) is 11.5 Å². The molecule has 2 aliphatic rings. The number of amides is 1. The third-order valence-corrected chi connectivity index (χ3v) is 5.45. The van der Waals surface area contributed by atoms with Gasteiger partial charge in [-0.15, -0.1) is 0 Å². The van der Waals surface area contributed by atoms with Crippen LogP contribution >= 0.6 is 0 Å². The molecule has 0 radical (unpaired) electrons. The van der Waals surface area contributed by atoms with Crippen molar-refractivity contribution in [3.63, 3.8) is 0 Å². The molecule has 0 unspecified atom stereocenters. The zero-order chi connectivity index (χ0) is 20.6. The maximum absolute atomic E-state index is 13.5. The molecule has 1 spiro atoms. The molecule has 0 atom stereocenters. The first-order chi connectivity index (χ1) is 14.0. The van der Waals surface area contributed by atoms with E-state index in [1.165, 1.54) is 0 Å². The van der Waals surface area contributed by atoms with Crippen LogP contribution in [0.4, 0.5) is 0 Å². The second-order valence-electron chi connectivity index (χ2n) is 7.08. The number of carboxylic acid groups (broad SMARTS) is 1. The number of aromatic nitrogens is 1. The van der Waals surface area contributed by atoms with Crippen LogP contribution in [0.1, 0.15) is 18.5 Å². The maximum atomic E-state index is 13.5. The number of carbonyl (C=O) groups is 3. The summed E-state index contributed by atoms with van der Waals surface area (Å²) in [5.41, 5.74) is 0.505. The number of carbonyl (C=O) groups excluding carboxylic acids is 2. The van der Waals surface area contributed by atoms with Gasteiger partial charge in [-0.25, -0.2) is 0 Å². The van der Waals surface area contributed by atoms with Crippen LogP contribution in [0.25, 0.3) is 17.0 Å². The first-order valence-corrected chi connectivity index (χ1v) is 9.29. The van der Waals surface area contributed by atoms with Crippen molar-refractivity contribution in [2.75, 3.05) is 19.8 Å². The van der Waals surface area contributed by atoms with Crippen LogP contribution < -0.4 is 5.32 Å². The van der Waals surface area contributed by atoms with E-state index in [0.29, 0.717) is 31.7 Å². The van der Waals surface area contributed by atoms with E-state index in [1.807, 2.05) is 36.4 Å². The van der Waals surface area contributed by atoms with Crippen LogP contribution in [0.15, 0.2) is 48.0 Å². The summed E-state index contributed by atoms with van der Waals surface area (Å²) in [5.74, 6) is -3.11. The van der Waals surface area contributed by atoms with Crippen LogP contribution in [-0.2, 0) is 24.7 Å². The number of rotatable bonds is 4. The fourth-order valence-electron chi connectivity index (χ4n) is 4.10. The molecule has 3 heterocycles. The molecule has 4 rings (SSSR count). The Kier molecular flexibility index (Phi) is 4.71. The van der Waals surface area contributed by atoms with E-state index in [9.17, 15) is 19.5 Å². The van der Waals surface area contributed by atoms with E-state index in [-0.39, 0.29) is 0 Å². The van der Waals surface area contributed by atoms with E-state index in [1.54, 1.807) is 10.6 Å². The molecular formula is C21H20N2O6. The summed E-state index contributed by atoms with van der Waals surface area (Å²) in [5, 5.41) is 21.8. The van der Waals surface area contributed by atoms with E-state index in [2.05, 4.69) is 5.32 Å². The standard InChI is InChI=1S/C21H20N2O6/c24-16(25)12-22-20(28)17-18(26)15-7-6-14(13-4-2-1-3-5-13)23(15)21(19(17)27)8-10-29-11-9-21/h1-7,26H,8-12H2,(H,22,28)(H,24,25). The van der Waals surface area contributed by atoms with E-state index < -0.39 is 41.1 Å². The molecule has 150 valence electrons. The third-order valence-electron chi connectivity index (χ3n) is 5.45. The minimum Gasteiger partial charge on any atom is -0.505 e. The van der Waals surface area contributed by atoms with Crippen molar-refractivity contribution in [3.05, 3.63) is 53.7 Å². The average Bonchev–Trinajstić information content (AvgIpc) is 3.19. The Hall–Kier alpha value is -3.39. The SMILES string of the molecule is O=C(O)CNC(=O)C1=C(O)c2ccc(-c3ccccc3)n2C2(CCOCC2)C1=O. The van der Waals surface area contributed by atoms with Crippen molar-refractivity contribution in [3.8, 4) is 11.3 Å². The Morgan fingerprint density at radius 2 is 1.72 bits per heavy atom. The minimum atomic E-state index is -1.24. The monoisotopic (exact) mass is 396 g/mol. The molecule has 0 aliphatic carbocycles. The van der Waals surface area contributed by atoms with Gasteiger partial charge in [0.1, 0.15) is 17.7 Å². The molecule has 1 aromatic heterocycles. The van der Waals surface area contributed by atoms with Crippen LogP contribution in [0.5, 0.6) is 0 Å². The lowest BCUT2D eigenvalue weighted by atomic mass is 9.78. The summed E-state index contributed by atoms with van der Waals surface area (Å²) in [7, 11) is 0. The topological polar surface area (TPSA) is 118 Å². The lowest BCUT2D eigenvalue weighted by Crippen LogP contribution is -2.52. The average molecular weight is 396 g/mol.